The Balaban J connectivity index is 3.09. The fourth-order valence-electron chi connectivity index (χ4n) is 1.41. The molecule has 0 heterocycles. The summed E-state index contributed by atoms with van der Waals surface area (Å²) >= 11 is 0. The minimum Gasteiger partial charge on any atom is -0.490 e. The number of sulfonamides is 1. The van der Waals surface area contributed by atoms with Crippen molar-refractivity contribution in [2.45, 2.75) is 18.7 Å². The zero-order chi connectivity index (χ0) is 16.3. The van der Waals surface area contributed by atoms with E-state index in [9.17, 15) is 18.5 Å². The van der Waals surface area contributed by atoms with Crippen LogP contribution in [-0.4, -0.2) is 38.7 Å². The average Bonchev–Trinajstić information content (AvgIpc) is 2.44. The van der Waals surface area contributed by atoms with Crippen LogP contribution >= 0.6 is 0 Å². The van der Waals surface area contributed by atoms with Crippen LogP contribution in [0.5, 0.6) is 5.75 Å². The third kappa shape index (κ3) is 4.38. The van der Waals surface area contributed by atoms with Crippen molar-refractivity contribution in [2.75, 3.05) is 20.3 Å². The Morgan fingerprint density at radius 1 is 1.43 bits per heavy atom. The predicted octanol–water partition coefficient (Wildman–Crippen LogP) is 0.900. The van der Waals surface area contributed by atoms with Gasteiger partial charge in [0, 0.05) is 24.6 Å². The van der Waals surface area contributed by atoms with E-state index in [2.05, 4.69) is 4.72 Å². The first-order valence-electron chi connectivity index (χ1n) is 6.06. The van der Waals surface area contributed by atoms with Gasteiger partial charge in [0.1, 0.15) is 0 Å². The van der Waals surface area contributed by atoms with Crippen molar-refractivity contribution in [3.63, 3.8) is 0 Å². The van der Waals surface area contributed by atoms with Gasteiger partial charge in [-0.1, -0.05) is 13.8 Å². The number of nitro groups is 1. The monoisotopic (exact) mass is 318 g/mol. The van der Waals surface area contributed by atoms with Gasteiger partial charge in [0.25, 0.3) is 0 Å². The maximum atomic E-state index is 12.1. The highest BCUT2D eigenvalue weighted by molar-refractivity contribution is 7.89. The van der Waals surface area contributed by atoms with E-state index in [0.717, 1.165) is 6.07 Å². The minimum absolute atomic E-state index is 0.00562. The van der Waals surface area contributed by atoms with Crippen molar-refractivity contribution >= 4 is 15.7 Å². The number of aliphatic hydroxyl groups excluding tert-OH is 1. The highest BCUT2D eigenvalue weighted by Gasteiger charge is 2.24. The predicted molar refractivity (Wildman–Crippen MR) is 75.7 cm³/mol. The van der Waals surface area contributed by atoms with E-state index in [0.29, 0.717) is 0 Å². The van der Waals surface area contributed by atoms with Crippen LogP contribution in [0.15, 0.2) is 23.1 Å². The third-order valence-electron chi connectivity index (χ3n) is 2.83. The summed E-state index contributed by atoms with van der Waals surface area (Å²) in [5.74, 6) is -0.0189. The summed E-state index contributed by atoms with van der Waals surface area (Å²) in [4.78, 5) is 9.96. The molecule has 1 rings (SSSR count). The summed E-state index contributed by atoms with van der Waals surface area (Å²) < 4.78 is 31.4. The molecule has 0 aliphatic carbocycles. The van der Waals surface area contributed by atoms with E-state index in [1.807, 2.05) is 0 Å². The molecule has 8 nitrogen and oxygen atoms in total. The first-order valence-corrected chi connectivity index (χ1v) is 7.54. The van der Waals surface area contributed by atoms with E-state index in [1.54, 1.807) is 13.8 Å². The van der Waals surface area contributed by atoms with Gasteiger partial charge in [0.2, 0.25) is 10.0 Å². The number of ether oxygens (including phenoxy) is 1. The molecule has 1 aromatic rings. The number of methoxy groups -OCH3 is 1. The molecule has 9 heteroatoms. The SMILES string of the molecule is COc1ccc(S(=O)(=O)NCC(C)(C)CO)cc1[N+](=O)[O-]. The lowest BCUT2D eigenvalue weighted by Crippen LogP contribution is -2.36. The second-order valence-electron chi connectivity index (χ2n) is 5.24. The molecule has 0 spiro atoms. The van der Waals surface area contributed by atoms with Crippen LogP contribution in [0.3, 0.4) is 0 Å². The fraction of sp³-hybridized carbons (Fsp3) is 0.500. The zero-order valence-electron chi connectivity index (χ0n) is 12.0. The number of hydrogen-bond acceptors (Lipinski definition) is 6. The summed E-state index contributed by atoms with van der Waals surface area (Å²) in [6, 6.07) is 3.39. The van der Waals surface area contributed by atoms with Gasteiger partial charge in [-0.25, -0.2) is 13.1 Å². The molecule has 2 N–H and O–H groups in total. The molecule has 0 fully saturated rings. The van der Waals surface area contributed by atoms with Crippen molar-refractivity contribution in [3.05, 3.63) is 28.3 Å². The van der Waals surface area contributed by atoms with Gasteiger partial charge in [-0.05, 0) is 12.1 Å². The van der Waals surface area contributed by atoms with Gasteiger partial charge in [0.15, 0.2) is 5.75 Å². The van der Waals surface area contributed by atoms with Crippen LogP contribution < -0.4 is 9.46 Å². The number of hydrogen-bond donors (Lipinski definition) is 2. The van der Waals surface area contributed by atoms with Crippen molar-refractivity contribution < 1.29 is 23.2 Å². The van der Waals surface area contributed by atoms with Gasteiger partial charge in [0.05, 0.1) is 16.9 Å². The molecule has 0 saturated heterocycles. The number of benzene rings is 1. The van der Waals surface area contributed by atoms with E-state index in [1.165, 1.54) is 19.2 Å². The molecule has 0 aromatic heterocycles. The Hall–Kier alpha value is -1.71. The van der Waals surface area contributed by atoms with E-state index in [4.69, 9.17) is 9.84 Å². The Morgan fingerprint density at radius 2 is 2.05 bits per heavy atom. The number of aliphatic hydroxyl groups is 1. The van der Waals surface area contributed by atoms with E-state index >= 15 is 0 Å². The molecule has 0 radical (unpaired) electrons. The second-order valence-corrected chi connectivity index (χ2v) is 7.00. The van der Waals surface area contributed by atoms with Crippen molar-refractivity contribution in [3.8, 4) is 5.75 Å². The first kappa shape index (κ1) is 17.3. The largest absolute Gasteiger partial charge is 0.490 e. The summed E-state index contributed by atoms with van der Waals surface area (Å²) in [7, 11) is -2.64. The van der Waals surface area contributed by atoms with Crippen LogP contribution in [0.4, 0.5) is 5.69 Å². The molecule has 118 valence electrons. The molecule has 0 saturated carbocycles. The normalized spacial score (nSPS) is 12.2. The topological polar surface area (TPSA) is 119 Å². The number of nitro benzene ring substituents is 1. The molecule has 0 amide bonds. The quantitative estimate of drug-likeness (QED) is 0.569. The lowest BCUT2D eigenvalue weighted by molar-refractivity contribution is -0.386. The lowest BCUT2D eigenvalue weighted by Gasteiger charge is -2.21. The van der Waals surface area contributed by atoms with Crippen molar-refractivity contribution in [1.29, 1.82) is 0 Å². The molecule has 0 atom stereocenters. The minimum atomic E-state index is -3.91. The number of nitrogens with zero attached hydrogens (tertiary/aromatic N) is 1. The number of nitrogens with one attached hydrogen (secondary N) is 1. The van der Waals surface area contributed by atoms with E-state index < -0.39 is 26.0 Å². The summed E-state index contributed by atoms with van der Waals surface area (Å²) in [5.41, 5.74) is -1.06. The third-order valence-corrected chi connectivity index (χ3v) is 4.23. The maximum absolute atomic E-state index is 12.1. The zero-order valence-corrected chi connectivity index (χ0v) is 12.8. The maximum Gasteiger partial charge on any atom is 0.312 e. The Kier molecular flexibility index (Phi) is 5.26. The molecule has 0 bridgehead atoms. The Morgan fingerprint density at radius 3 is 2.52 bits per heavy atom. The van der Waals surface area contributed by atoms with Gasteiger partial charge >= 0.3 is 5.69 Å². The summed E-state index contributed by atoms with van der Waals surface area (Å²) in [6.07, 6.45) is 0. The molecular formula is C12H18N2O6S. The second kappa shape index (κ2) is 6.37. The summed E-state index contributed by atoms with van der Waals surface area (Å²) in [6.45, 7) is 3.18. The first-order chi connectivity index (χ1) is 9.63. The Bertz CT molecular complexity index is 627. The van der Waals surface area contributed by atoms with Gasteiger partial charge in [-0.3, -0.25) is 10.1 Å². The fourth-order valence-corrected chi connectivity index (χ4v) is 2.67. The smallest absolute Gasteiger partial charge is 0.312 e. The van der Waals surface area contributed by atoms with Gasteiger partial charge in [-0.2, -0.15) is 0 Å². The van der Waals surface area contributed by atoms with Crippen molar-refractivity contribution in [1.82, 2.24) is 4.72 Å². The highest BCUT2D eigenvalue weighted by atomic mass is 32.2. The standard InChI is InChI=1S/C12H18N2O6S/c1-12(2,8-15)7-13-21(18,19)9-4-5-11(20-3)10(6-9)14(16)17/h4-6,13,15H,7-8H2,1-3H3. The van der Waals surface area contributed by atoms with Crippen molar-refractivity contribution in [2.24, 2.45) is 5.41 Å². The van der Waals surface area contributed by atoms with Gasteiger partial charge < -0.3 is 9.84 Å². The molecule has 0 unspecified atom stereocenters. The van der Waals surface area contributed by atoms with Gasteiger partial charge in [-0.15, -0.1) is 0 Å². The van der Waals surface area contributed by atoms with Crippen LogP contribution in [0.1, 0.15) is 13.8 Å². The van der Waals surface area contributed by atoms with Crippen LogP contribution in [0, 0.1) is 15.5 Å². The molecule has 0 aliphatic rings. The van der Waals surface area contributed by atoms with E-state index in [-0.39, 0.29) is 23.8 Å². The highest BCUT2D eigenvalue weighted by Crippen LogP contribution is 2.29. The molecule has 0 aliphatic heterocycles. The molecule has 1 aromatic carbocycles. The van der Waals surface area contributed by atoms with Crippen LogP contribution in [-0.2, 0) is 10.0 Å². The molecular weight excluding hydrogens is 300 g/mol. The van der Waals surface area contributed by atoms with Crippen LogP contribution in [0.25, 0.3) is 0 Å². The average molecular weight is 318 g/mol. The molecule has 21 heavy (non-hydrogen) atoms. The Labute approximate surface area is 122 Å². The summed E-state index contributed by atoms with van der Waals surface area (Å²) in [5, 5.41) is 20.0. The number of rotatable bonds is 7. The lowest BCUT2D eigenvalue weighted by atomic mass is 9.96. The van der Waals surface area contributed by atoms with Crippen LogP contribution in [0.2, 0.25) is 0 Å².